The Morgan fingerprint density at radius 1 is 1.08 bits per heavy atom. The largest absolute Gasteiger partial charge is 0.481 e. The van der Waals surface area contributed by atoms with Crippen molar-refractivity contribution in [2.24, 2.45) is 0 Å². The predicted molar refractivity (Wildman–Crippen MR) is 101 cm³/mol. The van der Waals surface area contributed by atoms with Gasteiger partial charge in [-0.2, -0.15) is 11.8 Å². The van der Waals surface area contributed by atoms with Crippen LogP contribution in [0.4, 0.5) is 0 Å². The fourth-order valence-electron chi connectivity index (χ4n) is 2.28. The quantitative estimate of drug-likeness (QED) is 0.450. The van der Waals surface area contributed by atoms with Crippen LogP contribution in [0, 0.1) is 0 Å². The molecule has 0 radical (unpaired) electrons. The highest BCUT2D eigenvalue weighted by molar-refractivity contribution is 7.99. The number of aliphatic carboxylic acids is 2. The summed E-state index contributed by atoms with van der Waals surface area (Å²) in [5.41, 5.74) is -1.14. The molecule has 0 aliphatic carbocycles. The van der Waals surface area contributed by atoms with Gasteiger partial charge in [-0.1, -0.05) is 42.1 Å². The Bertz CT molecular complexity index is 596. The fourth-order valence-corrected chi connectivity index (χ4v) is 3.90. The van der Waals surface area contributed by atoms with Gasteiger partial charge in [0.05, 0.1) is 6.42 Å². The molecule has 1 aromatic carbocycles. The van der Waals surface area contributed by atoms with E-state index in [0.29, 0.717) is 15.8 Å². The number of hydrogen-bond donors (Lipinski definition) is 3. The summed E-state index contributed by atoms with van der Waals surface area (Å²) in [6, 6.07) is 5.48. The molecule has 0 heterocycles. The first-order valence-electron chi connectivity index (χ1n) is 7.94. The first-order chi connectivity index (χ1) is 11.7. The van der Waals surface area contributed by atoms with Crippen molar-refractivity contribution < 1.29 is 24.9 Å². The van der Waals surface area contributed by atoms with Gasteiger partial charge in [0.1, 0.15) is 0 Å². The molecule has 1 unspecified atom stereocenters. The van der Waals surface area contributed by atoms with Crippen LogP contribution in [0.5, 0.6) is 0 Å². The minimum atomic E-state index is -2.21. The molecule has 0 saturated heterocycles. The summed E-state index contributed by atoms with van der Waals surface area (Å²) >= 11 is 13.2. The SMILES string of the molecule is O=C(O)CC(O)(CSCCCCCCc1ccc(Cl)cc1Cl)C(=O)O. The van der Waals surface area contributed by atoms with Crippen molar-refractivity contribution in [1.82, 2.24) is 0 Å². The highest BCUT2D eigenvalue weighted by Gasteiger charge is 2.38. The van der Waals surface area contributed by atoms with Crippen LogP contribution in [-0.2, 0) is 16.0 Å². The summed E-state index contributed by atoms with van der Waals surface area (Å²) in [4.78, 5) is 21.6. The van der Waals surface area contributed by atoms with Crippen LogP contribution in [0.2, 0.25) is 10.0 Å². The molecule has 0 aromatic heterocycles. The molecule has 1 rings (SSSR count). The van der Waals surface area contributed by atoms with E-state index in [1.54, 1.807) is 6.07 Å². The molecular weight excluding hydrogens is 387 g/mol. The molecule has 0 aliphatic heterocycles. The van der Waals surface area contributed by atoms with Gasteiger partial charge in [-0.05, 0) is 42.7 Å². The number of halogens is 2. The minimum absolute atomic E-state index is 0.130. The van der Waals surface area contributed by atoms with Crippen LogP contribution < -0.4 is 0 Å². The number of carbonyl (C=O) groups is 2. The molecule has 0 fully saturated rings. The Hall–Kier alpha value is -0.950. The second-order valence-electron chi connectivity index (χ2n) is 5.86. The van der Waals surface area contributed by atoms with Crippen LogP contribution in [0.25, 0.3) is 0 Å². The lowest BCUT2D eigenvalue weighted by atomic mass is 10.0. The minimum Gasteiger partial charge on any atom is -0.481 e. The lowest BCUT2D eigenvalue weighted by molar-refractivity contribution is -0.162. The van der Waals surface area contributed by atoms with E-state index >= 15 is 0 Å². The number of benzene rings is 1. The lowest BCUT2D eigenvalue weighted by Crippen LogP contribution is -2.43. The summed E-state index contributed by atoms with van der Waals surface area (Å²) in [7, 11) is 0. The molecule has 5 nitrogen and oxygen atoms in total. The third-order valence-corrected chi connectivity index (χ3v) is 5.53. The lowest BCUT2D eigenvalue weighted by Gasteiger charge is -2.20. The highest BCUT2D eigenvalue weighted by atomic mass is 35.5. The van der Waals surface area contributed by atoms with Gasteiger partial charge in [0, 0.05) is 15.8 Å². The third kappa shape index (κ3) is 8.31. The molecule has 0 spiro atoms. The fraction of sp³-hybridized carbons (Fsp3) is 0.529. The Labute approximate surface area is 161 Å². The molecule has 3 N–H and O–H groups in total. The van der Waals surface area contributed by atoms with Gasteiger partial charge in [-0.15, -0.1) is 0 Å². The standard InChI is InChI=1S/C17H22Cl2O5S/c18-13-7-6-12(14(19)9-13)5-3-1-2-4-8-25-11-17(24,16(22)23)10-15(20)21/h6-7,9,24H,1-5,8,10-11H2,(H,20,21)(H,22,23). The predicted octanol–water partition coefficient (Wildman–Crippen LogP) is 4.12. The van der Waals surface area contributed by atoms with Crippen molar-refractivity contribution in [1.29, 1.82) is 0 Å². The number of aryl methyl sites for hydroxylation is 1. The normalized spacial score (nSPS) is 13.4. The van der Waals surface area contributed by atoms with Crippen LogP contribution >= 0.6 is 35.0 Å². The van der Waals surface area contributed by atoms with Crippen molar-refractivity contribution in [3.63, 3.8) is 0 Å². The van der Waals surface area contributed by atoms with Crippen LogP contribution in [0.3, 0.4) is 0 Å². The second-order valence-corrected chi connectivity index (χ2v) is 7.81. The summed E-state index contributed by atoms with van der Waals surface area (Å²) in [5, 5.41) is 28.8. The molecule has 140 valence electrons. The van der Waals surface area contributed by atoms with E-state index < -0.39 is 24.0 Å². The topological polar surface area (TPSA) is 94.8 Å². The van der Waals surface area contributed by atoms with E-state index in [2.05, 4.69) is 0 Å². The zero-order chi connectivity index (χ0) is 18.9. The number of unbranched alkanes of at least 4 members (excludes halogenated alkanes) is 3. The molecular formula is C17H22Cl2O5S. The molecule has 1 atom stereocenters. The van der Waals surface area contributed by atoms with E-state index in [-0.39, 0.29) is 5.75 Å². The first kappa shape index (κ1) is 22.1. The van der Waals surface area contributed by atoms with Gasteiger partial charge < -0.3 is 15.3 Å². The Balaban J connectivity index is 2.17. The smallest absolute Gasteiger partial charge is 0.337 e. The second kappa shape index (κ2) is 10.9. The van der Waals surface area contributed by atoms with Crippen molar-refractivity contribution in [2.45, 2.75) is 44.1 Å². The number of aliphatic hydroxyl groups is 1. The van der Waals surface area contributed by atoms with Gasteiger partial charge in [-0.3, -0.25) is 4.79 Å². The summed E-state index contributed by atoms with van der Waals surface area (Å²) in [6.07, 6.45) is 3.93. The Morgan fingerprint density at radius 3 is 2.36 bits per heavy atom. The van der Waals surface area contributed by atoms with Crippen LogP contribution in [0.1, 0.15) is 37.7 Å². The van der Waals surface area contributed by atoms with Crippen molar-refractivity contribution >= 4 is 46.9 Å². The van der Waals surface area contributed by atoms with E-state index in [9.17, 15) is 14.7 Å². The van der Waals surface area contributed by atoms with E-state index in [1.165, 1.54) is 11.8 Å². The first-order valence-corrected chi connectivity index (χ1v) is 9.85. The van der Waals surface area contributed by atoms with E-state index in [1.807, 2.05) is 12.1 Å². The molecule has 0 bridgehead atoms. The van der Waals surface area contributed by atoms with E-state index in [0.717, 1.165) is 37.7 Å². The maximum Gasteiger partial charge on any atom is 0.337 e. The highest BCUT2D eigenvalue weighted by Crippen LogP contribution is 2.23. The third-order valence-electron chi connectivity index (χ3n) is 3.68. The maximum absolute atomic E-state index is 11.0. The van der Waals surface area contributed by atoms with Gasteiger partial charge >= 0.3 is 11.9 Å². The monoisotopic (exact) mass is 408 g/mol. The molecule has 0 saturated carbocycles. The number of hydrogen-bond acceptors (Lipinski definition) is 4. The summed E-state index contributed by atoms with van der Waals surface area (Å²) in [6.45, 7) is 0. The zero-order valence-corrected chi connectivity index (χ0v) is 16.0. The van der Waals surface area contributed by atoms with Crippen LogP contribution in [0.15, 0.2) is 18.2 Å². The Kier molecular flexibility index (Phi) is 9.64. The van der Waals surface area contributed by atoms with Gasteiger partial charge in [0.15, 0.2) is 5.60 Å². The molecule has 0 aliphatic rings. The number of thioether (sulfide) groups is 1. The van der Waals surface area contributed by atoms with E-state index in [4.69, 9.17) is 33.4 Å². The molecule has 0 amide bonds. The summed E-state index contributed by atoms with van der Waals surface area (Å²) < 4.78 is 0. The Morgan fingerprint density at radius 2 is 1.76 bits per heavy atom. The number of rotatable bonds is 12. The molecule has 1 aromatic rings. The zero-order valence-electron chi connectivity index (χ0n) is 13.7. The average molecular weight is 409 g/mol. The van der Waals surface area contributed by atoms with Crippen molar-refractivity contribution in [2.75, 3.05) is 11.5 Å². The van der Waals surface area contributed by atoms with Gasteiger partial charge in [0.25, 0.3) is 0 Å². The molecule has 8 heteroatoms. The molecule has 25 heavy (non-hydrogen) atoms. The van der Waals surface area contributed by atoms with Gasteiger partial charge in [0.2, 0.25) is 0 Å². The summed E-state index contributed by atoms with van der Waals surface area (Å²) in [5.74, 6) is -2.28. The number of carboxylic acids is 2. The maximum atomic E-state index is 11.0. The van der Waals surface area contributed by atoms with Crippen molar-refractivity contribution in [3.05, 3.63) is 33.8 Å². The number of carboxylic acid groups (broad SMARTS) is 2. The van der Waals surface area contributed by atoms with Crippen LogP contribution in [-0.4, -0.2) is 44.4 Å². The van der Waals surface area contributed by atoms with Gasteiger partial charge in [-0.25, -0.2) is 4.79 Å². The average Bonchev–Trinajstić information content (AvgIpc) is 2.50. The van der Waals surface area contributed by atoms with Crippen molar-refractivity contribution in [3.8, 4) is 0 Å².